The molecule has 2 aromatic carbocycles. The fraction of sp³-hybridized carbons (Fsp3) is 0.0588. The van der Waals surface area contributed by atoms with E-state index < -0.39 is 5.97 Å². The summed E-state index contributed by atoms with van der Waals surface area (Å²) in [4.78, 5) is 11.7. The lowest BCUT2D eigenvalue weighted by Crippen LogP contribution is -2.02. The van der Waals surface area contributed by atoms with Gasteiger partial charge in [0.25, 0.3) is 0 Å². The number of halogens is 1. The van der Waals surface area contributed by atoms with Crippen molar-refractivity contribution in [1.82, 2.24) is 0 Å². The number of rotatable bonds is 4. The number of ether oxygens (including phenoxy) is 1. The van der Waals surface area contributed by atoms with Crippen LogP contribution in [0.4, 0.5) is 0 Å². The lowest BCUT2D eigenvalue weighted by atomic mass is 10.1. The first kappa shape index (κ1) is 15.0. The quantitative estimate of drug-likeness (QED) is 0.621. The molecule has 0 unspecified atom stereocenters. The lowest BCUT2D eigenvalue weighted by molar-refractivity contribution is -0.138. The van der Waals surface area contributed by atoms with Gasteiger partial charge in [-0.1, -0.05) is 52.3 Å². The number of hydrogen-bond donors (Lipinski definition) is 0. The SMILES string of the molecule is N#Cc1ccccc1COC(=O)/C=C/c1ccccc1Br. The van der Waals surface area contributed by atoms with E-state index in [1.54, 1.807) is 30.3 Å². The van der Waals surface area contributed by atoms with E-state index in [4.69, 9.17) is 10.00 Å². The van der Waals surface area contributed by atoms with Gasteiger partial charge in [0.1, 0.15) is 6.61 Å². The average molecular weight is 342 g/mol. The van der Waals surface area contributed by atoms with Gasteiger partial charge in [-0.05, 0) is 23.8 Å². The van der Waals surface area contributed by atoms with Crippen molar-refractivity contribution in [2.45, 2.75) is 6.61 Å². The molecule has 21 heavy (non-hydrogen) atoms. The maximum absolute atomic E-state index is 11.7. The predicted octanol–water partition coefficient (Wildman–Crippen LogP) is 4.08. The van der Waals surface area contributed by atoms with Crippen molar-refractivity contribution in [3.05, 3.63) is 75.8 Å². The second-order valence-electron chi connectivity index (χ2n) is 4.23. The van der Waals surface area contributed by atoms with E-state index in [0.29, 0.717) is 11.1 Å². The Balaban J connectivity index is 1.97. The molecule has 0 spiro atoms. The maximum atomic E-state index is 11.7. The molecule has 0 aromatic heterocycles. The molecule has 0 saturated heterocycles. The molecule has 0 amide bonds. The molecular formula is C17H12BrNO2. The molecule has 2 aromatic rings. The van der Waals surface area contributed by atoms with Crippen molar-refractivity contribution in [3.8, 4) is 6.07 Å². The Morgan fingerprint density at radius 2 is 1.90 bits per heavy atom. The highest BCUT2D eigenvalue weighted by molar-refractivity contribution is 9.10. The minimum atomic E-state index is -0.446. The van der Waals surface area contributed by atoms with Crippen LogP contribution in [0.2, 0.25) is 0 Å². The van der Waals surface area contributed by atoms with Gasteiger partial charge in [-0.2, -0.15) is 5.26 Å². The second-order valence-corrected chi connectivity index (χ2v) is 5.09. The third kappa shape index (κ3) is 4.30. The van der Waals surface area contributed by atoms with Crippen molar-refractivity contribution >= 4 is 28.0 Å². The summed E-state index contributed by atoms with van der Waals surface area (Å²) in [6.45, 7) is 0.0862. The molecule has 0 aliphatic rings. The number of hydrogen-bond acceptors (Lipinski definition) is 3. The van der Waals surface area contributed by atoms with Gasteiger partial charge in [0.2, 0.25) is 0 Å². The van der Waals surface area contributed by atoms with Gasteiger partial charge in [0, 0.05) is 16.1 Å². The highest BCUT2D eigenvalue weighted by atomic mass is 79.9. The van der Waals surface area contributed by atoms with Crippen molar-refractivity contribution in [1.29, 1.82) is 5.26 Å². The number of esters is 1. The van der Waals surface area contributed by atoms with Crippen molar-refractivity contribution in [3.63, 3.8) is 0 Å². The van der Waals surface area contributed by atoms with Crippen LogP contribution in [0.3, 0.4) is 0 Å². The van der Waals surface area contributed by atoms with E-state index in [1.807, 2.05) is 24.3 Å². The van der Waals surface area contributed by atoms with E-state index in [1.165, 1.54) is 6.08 Å². The summed E-state index contributed by atoms with van der Waals surface area (Å²) in [5.41, 5.74) is 2.11. The summed E-state index contributed by atoms with van der Waals surface area (Å²) in [6.07, 6.45) is 3.05. The van der Waals surface area contributed by atoms with Crippen LogP contribution in [0.15, 0.2) is 59.1 Å². The van der Waals surface area contributed by atoms with E-state index in [9.17, 15) is 4.79 Å². The summed E-state index contributed by atoms with van der Waals surface area (Å²) >= 11 is 3.40. The molecule has 3 nitrogen and oxygen atoms in total. The fourth-order valence-corrected chi connectivity index (χ4v) is 2.14. The zero-order valence-electron chi connectivity index (χ0n) is 11.1. The molecule has 0 aliphatic carbocycles. The van der Waals surface area contributed by atoms with Crippen LogP contribution >= 0.6 is 15.9 Å². The molecule has 0 saturated carbocycles. The van der Waals surface area contributed by atoms with Gasteiger partial charge in [-0.3, -0.25) is 0 Å². The number of nitriles is 1. The third-order valence-corrected chi connectivity index (χ3v) is 3.53. The molecule has 0 atom stereocenters. The Kier molecular flexibility index (Phi) is 5.30. The van der Waals surface area contributed by atoms with E-state index in [0.717, 1.165) is 10.0 Å². The van der Waals surface area contributed by atoms with Crippen LogP contribution in [-0.2, 0) is 16.1 Å². The van der Waals surface area contributed by atoms with Crippen LogP contribution in [-0.4, -0.2) is 5.97 Å². The van der Waals surface area contributed by atoms with Crippen molar-refractivity contribution in [2.24, 2.45) is 0 Å². The Morgan fingerprint density at radius 3 is 2.67 bits per heavy atom. The number of benzene rings is 2. The zero-order valence-corrected chi connectivity index (χ0v) is 12.7. The first-order valence-electron chi connectivity index (χ1n) is 6.28. The highest BCUT2D eigenvalue weighted by Crippen LogP contribution is 2.17. The Hall–Kier alpha value is -2.38. The lowest BCUT2D eigenvalue weighted by Gasteiger charge is -2.04. The fourth-order valence-electron chi connectivity index (χ4n) is 1.72. The van der Waals surface area contributed by atoms with Gasteiger partial charge >= 0.3 is 5.97 Å². The first-order valence-corrected chi connectivity index (χ1v) is 7.07. The highest BCUT2D eigenvalue weighted by Gasteiger charge is 2.04. The molecule has 4 heteroatoms. The van der Waals surface area contributed by atoms with Crippen LogP contribution in [0, 0.1) is 11.3 Å². The summed E-state index contributed by atoms with van der Waals surface area (Å²) in [5.74, 6) is -0.446. The van der Waals surface area contributed by atoms with E-state index in [-0.39, 0.29) is 6.61 Å². The molecule has 0 heterocycles. The van der Waals surface area contributed by atoms with Crippen LogP contribution in [0.5, 0.6) is 0 Å². The van der Waals surface area contributed by atoms with Crippen LogP contribution < -0.4 is 0 Å². The third-order valence-electron chi connectivity index (χ3n) is 2.81. The van der Waals surface area contributed by atoms with Crippen LogP contribution in [0.1, 0.15) is 16.7 Å². The van der Waals surface area contributed by atoms with Crippen molar-refractivity contribution in [2.75, 3.05) is 0 Å². The Morgan fingerprint density at radius 1 is 1.19 bits per heavy atom. The van der Waals surface area contributed by atoms with Gasteiger partial charge in [0.05, 0.1) is 11.6 Å². The van der Waals surface area contributed by atoms with Gasteiger partial charge in [0.15, 0.2) is 0 Å². The molecule has 0 fully saturated rings. The number of nitrogens with zero attached hydrogens (tertiary/aromatic N) is 1. The van der Waals surface area contributed by atoms with E-state index >= 15 is 0 Å². The van der Waals surface area contributed by atoms with Crippen LogP contribution in [0.25, 0.3) is 6.08 Å². The molecule has 104 valence electrons. The topological polar surface area (TPSA) is 50.1 Å². The molecule has 2 rings (SSSR count). The molecule has 0 bridgehead atoms. The molecule has 0 N–H and O–H groups in total. The monoisotopic (exact) mass is 341 g/mol. The first-order chi connectivity index (χ1) is 10.2. The largest absolute Gasteiger partial charge is 0.458 e. The van der Waals surface area contributed by atoms with Gasteiger partial charge in [-0.15, -0.1) is 0 Å². The Labute approximate surface area is 131 Å². The van der Waals surface area contributed by atoms with Gasteiger partial charge in [-0.25, -0.2) is 4.79 Å². The Bertz CT molecular complexity index is 717. The number of carbonyl (C=O) groups is 1. The normalized spacial score (nSPS) is 10.3. The minimum Gasteiger partial charge on any atom is -0.458 e. The summed E-state index contributed by atoms with van der Waals surface area (Å²) in [6, 6.07) is 16.7. The minimum absolute atomic E-state index is 0.0862. The average Bonchev–Trinajstić information content (AvgIpc) is 2.52. The summed E-state index contributed by atoms with van der Waals surface area (Å²) in [7, 11) is 0. The smallest absolute Gasteiger partial charge is 0.331 e. The molecular weight excluding hydrogens is 330 g/mol. The summed E-state index contributed by atoms with van der Waals surface area (Å²) in [5, 5.41) is 8.96. The second kappa shape index (κ2) is 7.41. The predicted molar refractivity (Wildman–Crippen MR) is 84.1 cm³/mol. The zero-order chi connectivity index (χ0) is 15.1. The van der Waals surface area contributed by atoms with E-state index in [2.05, 4.69) is 22.0 Å². The molecule has 0 aliphatic heterocycles. The maximum Gasteiger partial charge on any atom is 0.331 e. The summed E-state index contributed by atoms with van der Waals surface area (Å²) < 4.78 is 6.05. The molecule has 0 radical (unpaired) electrons. The number of carbonyl (C=O) groups excluding carboxylic acids is 1. The van der Waals surface area contributed by atoms with Gasteiger partial charge < -0.3 is 4.74 Å². The standard InChI is InChI=1S/C17H12BrNO2/c18-16-8-4-3-5-13(16)9-10-17(20)21-12-15-7-2-1-6-14(15)11-19/h1-10H,12H2/b10-9+. The van der Waals surface area contributed by atoms with Crippen molar-refractivity contribution < 1.29 is 9.53 Å².